The van der Waals surface area contributed by atoms with Gasteiger partial charge in [-0.2, -0.15) is 5.10 Å². The molecular formula is C16H20ClN3O. The van der Waals surface area contributed by atoms with Crippen molar-refractivity contribution in [3.8, 4) is 11.6 Å². The molecule has 0 atom stereocenters. The number of benzene rings is 1. The van der Waals surface area contributed by atoms with Crippen LogP contribution in [0, 0.1) is 6.92 Å². The Labute approximate surface area is 130 Å². The molecule has 1 heterocycles. The first kappa shape index (κ1) is 15.7. The van der Waals surface area contributed by atoms with Crippen molar-refractivity contribution in [3.05, 3.63) is 46.6 Å². The van der Waals surface area contributed by atoms with E-state index in [0.29, 0.717) is 23.2 Å². The first-order valence-electron chi connectivity index (χ1n) is 6.85. The van der Waals surface area contributed by atoms with Crippen molar-refractivity contribution >= 4 is 11.6 Å². The fourth-order valence-corrected chi connectivity index (χ4v) is 1.81. The third-order valence-corrected chi connectivity index (χ3v) is 3.11. The molecule has 0 aliphatic heterocycles. The normalized spacial score (nSPS) is 11.5. The smallest absolute Gasteiger partial charge is 0.238 e. The number of aromatic nitrogens is 2. The van der Waals surface area contributed by atoms with E-state index >= 15 is 0 Å². The van der Waals surface area contributed by atoms with Gasteiger partial charge in [-0.1, -0.05) is 17.7 Å². The van der Waals surface area contributed by atoms with Crippen molar-refractivity contribution in [3.63, 3.8) is 0 Å². The average molecular weight is 306 g/mol. The van der Waals surface area contributed by atoms with Crippen molar-refractivity contribution < 1.29 is 4.74 Å². The maximum atomic E-state index is 6.09. The molecule has 0 unspecified atom stereocenters. The molecule has 0 spiro atoms. The molecule has 0 bridgehead atoms. The number of ether oxygens (including phenoxy) is 1. The lowest BCUT2D eigenvalue weighted by Crippen LogP contribution is -2.35. The van der Waals surface area contributed by atoms with E-state index in [0.717, 1.165) is 11.3 Å². The zero-order chi connectivity index (χ0) is 15.5. The van der Waals surface area contributed by atoms with Crippen molar-refractivity contribution in [1.29, 1.82) is 0 Å². The number of aryl methyl sites for hydroxylation is 1. The number of halogens is 1. The van der Waals surface area contributed by atoms with Crippen LogP contribution in [0.3, 0.4) is 0 Å². The fraction of sp³-hybridized carbons (Fsp3) is 0.375. The largest absolute Gasteiger partial charge is 0.436 e. The minimum atomic E-state index is 0.0476. The monoisotopic (exact) mass is 305 g/mol. The summed E-state index contributed by atoms with van der Waals surface area (Å²) in [6, 6.07) is 9.30. The van der Waals surface area contributed by atoms with Crippen molar-refractivity contribution in [2.24, 2.45) is 0 Å². The van der Waals surface area contributed by atoms with Crippen LogP contribution in [-0.2, 0) is 6.54 Å². The highest BCUT2D eigenvalue weighted by Gasteiger charge is 2.10. The standard InChI is InChI=1S/C16H20ClN3O/c1-11-5-7-13(17)14(9-11)21-15-8-6-12(19-20-15)10-18-16(2,3)4/h5-9,18H,10H2,1-4H3. The summed E-state index contributed by atoms with van der Waals surface area (Å²) >= 11 is 6.09. The van der Waals surface area contributed by atoms with Gasteiger partial charge in [0.05, 0.1) is 10.7 Å². The minimum Gasteiger partial charge on any atom is -0.436 e. The highest BCUT2D eigenvalue weighted by molar-refractivity contribution is 6.32. The summed E-state index contributed by atoms with van der Waals surface area (Å²) in [5, 5.41) is 12.1. The SMILES string of the molecule is Cc1ccc(Cl)c(Oc2ccc(CNC(C)(C)C)nn2)c1. The molecule has 1 N–H and O–H groups in total. The molecule has 0 fully saturated rings. The summed E-state index contributed by atoms with van der Waals surface area (Å²) in [6.07, 6.45) is 0. The Bertz CT molecular complexity index is 606. The highest BCUT2D eigenvalue weighted by atomic mass is 35.5. The molecule has 2 rings (SSSR count). The average Bonchev–Trinajstić information content (AvgIpc) is 2.41. The number of hydrogen-bond donors (Lipinski definition) is 1. The Kier molecular flexibility index (Phi) is 4.80. The highest BCUT2D eigenvalue weighted by Crippen LogP contribution is 2.28. The molecule has 0 saturated heterocycles. The maximum absolute atomic E-state index is 6.09. The van der Waals surface area contributed by atoms with Gasteiger partial charge in [0.15, 0.2) is 0 Å². The zero-order valence-electron chi connectivity index (χ0n) is 12.8. The van der Waals surface area contributed by atoms with E-state index in [2.05, 4.69) is 36.3 Å². The van der Waals surface area contributed by atoms with E-state index in [9.17, 15) is 0 Å². The lowest BCUT2D eigenvalue weighted by molar-refractivity contribution is 0.416. The Balaban J connectivity index is 2.04. The van der Waals surface area contributed by atoms with Crippen LogP contribution in [0.4, 0.5) is 0 Å². The first-order chi connectivity index (χ1) is 9.83. The third-order valence-electron chi connectivity index (χ3n) is 2.80. The van der Waals surface area contributed by atoms with Crippen LogP contribution in [-0.4, -0.2) is 15.7 Å². The summed E-state index contributed by atoms with van der Waals surface area (Å²) < 4.78 is 5.66. The Morgan fingerprint density at radius 3 is 2.52 bits per heavy atom. The second-order valence-electron chi connectivity index (χ2n) is 6.00. The topological polar surface area (TPSA) is 47.0 Å². The van der Waals surface area contributed by atoms with Gasteiger partial charge >= 0.3 is 0 Å². The summed E-state index contributed by atoms with van der Waals surface area (Å²) in [4.78, 5) is 0. The van der Waals surface area contributed by atoms with Crippen LogP contribution in [0.1, 0.15) is 32.0 Å². The first-order valence-corrected chi connectivity index (χ1v) is 7.23. The number of hydrogen-bond acceptors (Lipinski definition) is 4. The molecule has 2 aromatic rings. The van der Waals surface area contributed by atoms with Crippen LogP contribution < -0.4 is 10.1 Å². The number of rotatable bonds is 4. The summed E-state index contributed by atoms with van der Waals surface area (Å²) in [5.74, 6) is 1.02. The maximum Gasteiger partial charge on any atom is 0.238 e. The molecule has 5 heteroatoms. The number of nitrogens with one attached hydrogen (secondary N) is 1. The summed E-state index contributed by atoms with van der Waals surface area (Å²) in [6.45, 7) is 8.98. The third kappa shape index (κ3) is 4.99. The molecular weight excluding hydrogens is 286 g/mol. The zero-order valence-corrected chi connectivity index (χ0v) is 13.5. The molecule has 21 heavy (non-hydrogen) atoms. The molecule has 1 aromatic carbocycles. The van der Waals surface area contributed by atoms with Crippen LogP contribution >= 0.6 is 11.6 Å². The van der Waals surface area contributed by atoms with Gasteiger partial charge < -0.3 is 10.1 Å². The number of nitrogens with zero attached hydrogens (tertiary/aromatic N) is 2. The molecule has 4 nitrogen and oxygen atoms in total. The lowest BCUT2D eigenvalue weighted by atomic mass is 10.1. The van der Waals surface area contributed by atoms with Gasteiger partial charge in [-0.3, -0.25) is 0 Å². The minimum absolute atomic E-state index is 0.0476. The molecule has 0 saturated carbocycles. The van der Waals surface area contributed by atoms with Crippen molar-refractivity contribution in [2.75, 3.05) is 0 Å². The van der Waals surface area contributed by atoms with E-state index in [4.69, 9.17) is 16.3 Å². The predicted octanol–water partition coefficient (Wildman–Crippen LogP) is 4.12. The van der Waals surface area contributed by atoms with Crippen molar-refractivity contribution in [2.45, 2.75) is 39.8 Å². The molecule has 0 amide bonds. The fourth-order valence-electron chi connectivity index (χ4n) is 1.65. The Morgan fingerprint density at radius 1 is 1.14 bits per heavy atom. The second-order valence-corrected chi connectivity index (χ2v) is 6.41. The van der Waals surface area contributed by atoms with E-state index in [-0.39, 0.29) is 5.54 Å². The molecule has 1 aromatic heterocycles. The van der Waals surface area contributed by atoms with Gasteiger partial charge in [0, 0.05) is 18.2 Å². The van der Waals surface area contributed by atoms with Gasteiger partial charge in [-0.25, -0.2) is 0 Å². The quantitative estimate of drug-likeness (QED) is 0.923. The predicted molar refractivity (Wildman–Crippen MR) is 84.9 cm³/mol. The van der Waals surface area contributed by atoms with E-state index in [1.165, 1.54) is 0 Å². The Hall–Kier alpha value is -1.65. The Morgan fingerprint density at radius 2 is 1.90 bits per heavy atom. The van der Waals surface area contributed by atoms with Gasteiger partial charge in [-0.15, -0.1) is 5.10 Å². The van der Waals surface area contributed by atoms with E-state index in [1.807, 2.05) is 25.1 Å². The molecule has 112 valence electrons. The molecule has 0 radical (unpaired) electrons. The van der Waals surface area contributed by atoms with Gasteiger partial charge in [0.2, 0.25) is 5.88 Å². The van der Waals surface area contributed by atoms with Crippen LogP contribution in [0.2, 0.25) is 5.02 Å². The van der Waals surface area contributed by atoms with Gasteiger partial charge in [0.25, 0.3) is 0 Å². The molecule has 0 aliphatic rings. The van der Waals surface area contributed by atoms with Gasteiger partial charge in [-0.05, 0) is 51.5 Å². The summed E-state index contributed by atoms with van der Waals surface area (Å²) in [5.41, 5.74) is 1.99. The lowest BCUT2D eigenvalue weighted by Gasteiger charge is -2.19. The molecule has 0 aliphatic carbocycles. The van der Waals surface area contributed by atoms with Crippen molar-refractivity contribution in [1.82, 2.24) is 15.5 Å². The second kappa shape index (κ2) is 6.41. The van der Waals surface area contributed by atoms with Crippen LogP contribution in [0.5, 0.6) is 11.6 Å². The summed E-state index contributed by atoms with van der Waals surface area (Å²) in [7, 11) is 0. The van der Waals surface area contributed by atoms with E-state index in [1.54, 1.807) is 12.1 Å². The van der Waals surface area contributed by atoms with Crippen LogP contribution in [0.25, 0.3) is 0 Å². The van der Waals surface area contributed by atoms with Gasteiger partial charge in [0.1, 0.15) is 5.75 Å². The van der Waals surface area contributed by atoms with E-state index < -0.39 is 0 Å². The van der Waals surface area contributed by atoms with Crippen LogP contribution in [0.15, 0.2) is 30.3 Å².